The van der Waals surface area contributed by atoms with E-state index in [1.54, 1.807) is 11.3 Å². The maximum atomic E-state index is 10.8. The van der Waals surface area contributed by atoms with E-state index in [0.717, 1.165) is 19.3 Å². The first-order chi connectivity index (χ1) is 8.77. The predicted octanol–water partition coefficient (Wildman–Crippen LogP) is 4.53. The van der Waals surface area contributed by atoms with E-state index in [9.17, 15) is 5.11 Å². The van der Waals surface area contributed by atoms with Crippen molar-refractivity contribution >= 4 is 21.4 Å². The molecule has 0 saturated heterocycles. The third kappa shape index (κ3) is 2.45. The standard InChI is InChI=1S/C16H20OS/c17-16(9-5-1-2-6-10-16)11-13-12-18-15-8-4-3-7-14(13)15/h3-4,7-8,12,17H,1-2,5-6,9-11H2. The number of hydrogen-bond acceptors (Lipinski definition) is 2. The van der Waals surface area contributed by atoms with Crippen LogP contribution in [-0.4, -0.2) is 10.7 Å². The van der Waals surface area contributed by atoms with Crippen molar-refractivity contribution in [3.63, 3.8) is 0 Å². The maximum absolute atomic E-state index is 10.8. The largest absolute Gasteiger partial charge is 0.390 e. The SMILES string of the molecule is OC1(Cc2csc3ccccc23)CCCCCC1. The molecule has 0 atom stereocenters. The van der Waals surface area contributed by atoms with Gasteiger partial charge in [0.2, 0.25) is 0 Å². The smallest absolute Gasteiger partial charge is 0.0688 e. The summed E-state index contributed by atoms with van der Waals surface area (Å²) < 4.78 is 1.34. The van der Waals surface area contributed by atoms with Gasteiger partial charge in [0.05, 0.1) is 5.60 Å². The highest BCUT2D eigenvalue weighted by Gasteiger charge is 2.28. The first-order valence-electron chi connectivity index (χ1n) is 6.94. The minimum atomic E-state index is -0.458. The third-order valence-corrected chi connectivity index (χ3v) is 5.13. The lowest BCUT2D eigenvalue weighted by atomic mass is 9.87. The zero-order valence-electron chi connectivity index (χ0n) is 10.7. The molecule has 1 aliphatic rings. The highest BCUT2D eigenvalue weighted by molar-refractivity contribution is 7.17. The fourth-order valence-electron chi connectivity index (χ4n) is 3.09. The first kappa shape index (κ1) is 12.2. The van der Waals surface area contributed by atoms with Gasteiger partial charge < -0.3 is 5.11 Å². The molecule has 0 bridgehead atoms. The van der Waals surface area contributed by atoms with Crippen LogP contribution in [0.5, 0.6) is 0 Å². The molecule has 1 N–H and O–H groups in total. The van der Waals surface area contributed by atoms with Crippen molar-refractivity contribution < 1.29 is 5.11 Å². The van der Waals surface area contributed by atoms with Crippen LogP contribution in [-0.2, 0) is 6.42 Å². The van der Waals surface area contributed by atoms with Crippen molar-refractivity contribution in [2.24, 2.45) is 0 Å². The average Bonchev–Trinajstić information content (AvgIpc) is 2.64. The Morgan fingerprint density at radius 2 is 1.78 bits per heavy atom. The quantitative estimate of drug-likeness (QED) is 0.787. The Bertz CT molecular complexity index is 521. The molecule has 2 aromatic rings. The van der Waals surface area contributed by atoms with E-state index in [0.29, 0.717) is 0 Å². The molecular formula is C16H20OS. The summed E-state index contributed by atoms with van der Waals surface area (Å²) in [6, 6.07) is 8.53. The fraction of sp³-hybridized carbons (Fsp3) is 0.500. The molecule has 96 valence electrons. The molecule has 0 aliphatic heterocycles. The lowest BCUT2D eigenvalue weighted by molar-refractivity contribution is 0.0256. The van der Waals surface area contributed by atoms with Crippen LogP contribution in [0.25, 0.3) is 10.1 Å². The minimum absolute atomic E-state index is 0.458. The van der Waals surface area contributed by atoms with E-state index < -0.39 is 5.60 Å². The van der Waals surface area contributed by atoms with Gasteiger partial charge in [0.15, 0.2) is 0 Å². The van der Waals surface area contributed by atoms with Gasteiger partial charge in [-0.15, -0.1) is 11.3 Å². The lowest BCUT2D eigenvalue weighted by Gasteiger charge is -2.26. The van der Waals surface area contributed by atoms with E-state index in [1.807, 2.05) is 0 Å². The van der Waals surface area contributed by atoms with Crippen LogP contribution in [0.1, 0.15) is 44.1 Å². The second-order valence-corrected chi connectivity index (χ2v) is 6.48. The fourth-order valence-corrected chi connectivity index (χ4v) is 4.05. The Kier molecular flexibility index (Phi) is 3.40. The number of benzene rings is 1. The molecule has 1 fully saturated rings. The maximum Gasteiger partial charge on any atom is 0.0688 e. The van der Waals surface area contributed by atoms with Gasteiger partial charge in [0.25, 0.3) is 0 Å². The number of rotatable bonds is 2. The van der Waals surface area contributed by atoms with Crippen molar-refractivity contribution in [2.75, 3.05) is 0 Å². The van der Waals surface area contributed by atoms with Crippen molar-refractivity contribution in [3.05, 3.63) is 35.2 Å². The normalized spacial score (nSPS) is 19.8. The van der Waals surface area contributed by atoms with Gasteiger partial charge in [-0.25, -0.2) is 0 Å². The van der Waals surface area contributed by atoms with Crippen molar-refractivity contribution in [2.45, 2.75) is 50.5 Å². The predicted molar refractivity (Wildman–Crippen MR) is 78.2 cm³/mol. The molecular weight excluding hydrogens is 240 g/mol. The van der Waals surface area contributed by atoms with Crippen LogP contribution >= 0.6 is 11.3 Å². The van der Waals surface area contributed by atoms with Crippen molar-refractivity contribution in [3.8, 4) is 0 Å². The van der Waals surface area contributed by atoms with E-state index in [-0.39, 0.29) is 0 Å². The van der Waals surface area contributed by atoms with Gasteiger partial charge in [-0.05, 0) is 35.2 Å². The lowest BCUT2D eigenvalue weighted by Crippen LogP contribution is -2.30. The second kappa shape index (κ2) is 5.02. The van der Waals surface area contributed by atoms with E-state index >= 15 is 0 Å². The number of thiophene rings is 1. The summed E-state index contributed by atoms with van der Waals surface area (Å²) in [6.45, 7) is 0. The number of fused-ring (bicyclic) bond motifs is 1. The highest BCUT2D eigenvalue weighted by Crippen LogP contribution is 2.34. The van der Waals surface area contributed by atoms with E-state index in [1.165, 1.54) is 41.3 Å². The van der Waals surface area contributed by atoms with Gasteiger partial charge >= 0.3 is 0 Å². The van der Waals surface area contributed by atoms with Crippen LogP contribution in [0, 0.1) is 0 Å². The minimum Gasteiger partial charge on any atom is -0.390 e. The molecule has 0 radical (unpaired) electrons. The van der Waals surface area contributed by atoms with Crippen molar-refractivity contribution in [1.29, 1.82) is 0 Å². The summed E-state index contributed by atoms with van der Waals surface area (Å²) in [7, 11) is 0. The van der Waals surface area contributed by atoms with Crippen LogP contribution in [0.15, 0.2) is 29.6 Å². The molecule has 18 heavy (non-hydrogen) atoms. The average molecular weight is 260 g/mol. The van der Waals surface area contributed by atoms with Gasteiger partial charge in [0, 0.05) is 11.1 Å². The molecule has 1 heterocycles. The third-order valence-electron chi connectivity index (χ3n) is 4.11. The summed E-state index contributed by atoms with van der Waals surface area (Å²) in [5, 5.41) is 14.4. The summed E-state index contributed by atoms with van der Waals surface area (Å²) in [5.74, 6) is 0. The van der Waals surface area contributed by atoms with Crippen molar-refractivity contribution in [1.82, 2.24) is 0 Å². The van der Waals surface area contributed by atoms with Crippen LogP contribution in [0.3, 0.4) is 0 Å². The van der Waals surface area contributed by atoms with Gasteiger partial charge in [0.1, 0.15) is 0 Å². The topological polar surface area (TPSA) is 20.2 Å². The molecule has 1 aliphatic carbocycles. The Balaban J connectivity index is 1.86. The molecule has 0 spiro atoms. The summed E-state index contributed by atoms with van der Waals surface area (Å²) >= 11 is 1.80. The zero-order valence-corrected chi connectivity index (χ0v) is 11.5. The molecule has 1 aromatic heterocycles. The Morgan fingerprint density at radius 3 is 2.56 bits per heavy atom. The first-order valence-corrected chi connectivity index (χ1v) is 7.82. The van der Waals surface area contributed by atoms with Gasteiger partial charge in [-0.3, -0.25) is 0 Å². The monoisotopic (exact) mass is 260 g/mol. The van der Waals surface area contributed by atoms with Crippen LogP contribution in [0.2, 0.25) is 0 Å². The highest BCUT2D eigenvalue weighted by atomic mass is 32.1. The molecule has 1 nitrogen and oxygen atoms in total. The Morgan fingerprint density at radius 1 is 1.06 bits per heavy atom. The molecule has 3 rings (SSSR count). The summed E-state index contributed by atoms with van der Waals surface area (Å²) in [5.41, 5.74) is 0.875. The van der Waals surface area contributed by atoms with Gasteiger partial charge in [-0.1, -0.05) is 43.9 Å². The zero-order chi connectivity index (χ0) is 12.4. The molecule has 1 saturated carbocycles. The molecule has 1 aromatic carbocycles. The van der Waals surface area contributed by atoms with Crippen LogP contribution < -0.4 is 0 Å². The molecule has 0 amide bonds. The van der Waals surface area contributed by atoms with E-state index in [4.69, 9.17) is 0 Å². The Labute approximate surface area is 112 Å². The number of aliphatic hydroxyl groups is 1. The van der Waals surface area contributed by atoms with Gasteiger partial charge in [-0.2, -0.15) is 0 Å². The molecule has 2 heteroatoms. The molecule has 0 unspecified atom stereocenters. The second-order valence-electron chi connectivity index (χ2n) is 5.57. The summed E-state index contributed by atoms with van der Waals surface area (Å²) in [4.78, 5) is 0. The summed E-state index contributed by atoms with van der Waals surface area (Å²) in [6.07, 6.45) is 7.70. The number of hydrogen-bond donors (Lipinski definition) is 1. The Hall–Kier alpha value is -0.860. The van der Waals surface area contributed by atoms with Crippen LogP contribution in [0.4, 0.5) is 0 Å². The van der Waals surface area contributed by atoms with E-state index in [2.05, 4.69) is 29.6 Å².